The number of likely N-dealkylation sites (tertiary alicyclic amines) is 1. The standard InChI is InChI=1S/C13H27N3O.ClH/c1-4-7-15-13(17)11(2)16-8-5-12(6-9-16)10-14-3;/h11-12,14H,4-10H2,1-3H3,(H,15,17);1H. The van der Waals surface area contributed by atoms with E-state index in [2.05, 4.69) is 22.5 Å². The molecule has 4 nitrogen and oxygen atoms in total. The van der Waals surface area contributed by atoms with Crippen LogP contribution >= 0.6 is 12.4 Å². The van der Waals surface area contributed by atoms with Crippen LogP contribution in [-0.2, 0) is 4.79 Å². The van der Waals surface area contributed by atoms with Gasteiger partial charge >= 0.3 is 0 Å². The first-order valence-corrected chi connectivity index (χ1v) is 6.85. The summed E-state index contributed by atoms with van der Waals surface area (Å²) in [6, 6.07) is 0.0251. The summed E-state index contributed by atoms with van der Waals surface area (Å²) in [4.78, 5) is 14.1. The van der Waals surface area contributed by atoms with Gasteiger partial charge in [-0.05, 0) is 58.8 Å². The van der Waals surface area contributed by atoms with Gasteiger partial charge in [0.15, 0.2) is 0 Å². The molecule has 0 aromatic rings. The van der Waals surface area contributed by atoms with Crippen LogP contribution in [-0.4, -0.2) is 50.1 Å². The molecule has 0 saturated carbocycles. The SMILES string of the molecule is CCCNC(=O)C(C)N1CCC(CNC)CC1.Cl. The monoisotopic (exact) mass is 277 g/mol. The van der Waals surface area contributed by atoms with Gasteiger partial charge in [0.1, 0.15) is 0 Å². The minimum Gasteiger partial charge on any atom is -0.355 e. The molecule has 1 amide bonds. The van der Waals surface area contributed by atoms with E-state index in [1.54, 1.807) is 0 Å². The molecule has 1 aliphatic rings. The number of nitrogens with zero attached hydrogens (tertiary/aromatic N) is 1. The van der Waals surface area contributed by atoms with E-state index in [0.717, 1.165) is 38.5 Å². The zero-order valence-electron chi connectivity index (χ0n) is 11.9. The molecule has 18 heavy (non-hydrogen) atoms. The number of carbonyl (C=O) groups excluding carboxylic acids is 1. The molecule has 0 bridgehead atoms. The fourth-order valence-electron chi connectivity index (χ4n) is 2.39. The van der Waals surface area contributed by atoms with Crippen molar-refractivity contribution in [2.45, 2.75) is 39.2 Å². The Labute approximate surface area is 117 Å². The van der Waals surface area contributed by atoms with Crippen molar-refractivity contribution in [3.05, 3.63) is 0 Å². The number of hydrogen-bond donors (Lipinski definition) is 2. The molecule has 1 aliphatic heterocycles. The lowest BCUT2D eigenvalue weighted by Gasteiger charge is -2.35. The lowest BCUT2D eigenvalue weighted by Crippen LogP contribution is -2.49. The van der Waals surface area contributed by atoms with Crippen molar-refractivity contribution in [2.75, 3.05) is 33.2 Å². The molecule has 5 heteroatoms. The number of piperidine rings is 1. The van der Waals surface area contributed by atoms with E-state index >= 15 is 0 Å². The normalized spacial score (nSPS) is 19.1. The zero-order chi connectivity index (χ0) is 12.7. The molecular formula is C13H28ClN3O. The number of rotatable bonds is 6. The fraction of sp³-hybridized carbons (Fsp3) is 0.923. The Hall–Kier alpha value is -0.320. The third kappa shape index (κ3) is 5.55. The molecule has 1 saturated heterocycles. The maximum atomic E-state index is 11.8. The highest BCUT2D eigenvalue weighted by atomic mass is 35.5. The molecule has 1 atom stereocenters. The van der Waals surface area contributed by atoms with E-state index < -0.39 is 0 Å². The number of halogens is 1. The molecule has 1 unspecified atom stereocenters. The van der Waals surface area contributed by atoms with Gasteiger partial charge in [0.2, 0.25) is 5.91 Å². The van der Waals surface area contributed by atoms with Gasteiger partial charge in [0.25, 0.3) is 0 Å². The van der Waals surface area contributed by atoms with E-state index in [1.165, 1.54) is 12.8 Å². The topological polar surface area (TPSA) is 44.4 Å². The highest BCUT2D eigenvalue weighted by Gasteiger charge is 2.25. The first-order chi connectivity index (χ1) is 8.19. The maximum absolute atomic E-state index is 11.8. The van der Waals surface area contributed by atoms with Crippen LogP contribution in [0.3, 0.4) is 0 Å². The lowest BCUT2D eigenvalue weighted by atomic mass is 9.96. The van der Waals surface area contributed by atoms with E-state index in [1.807, 2.05) is 14.0 Å². The van der Waals surface area contributed by atoms with Gasteiger partial charge in [-0.1, -0.05) is 6.92 Å². The predicted octanol–water partition coefficient (Wildman–Crippen LogP) is 1.25. The number of hydrogen-bond acceptors (Lipinski definition) is 3. The Morgan fingerprint density at radius 2 is 2.00 bits per heavy atom. The van der Waals surface area contributed by atoms with Crippen LogP contribution in [0.4, 0.5) is 0 Å². The summed E-state index contributed by atoms with van der Waals surface area (Å²) in [5.74, 6) is 0.959. The summed E-state index contributed by atoms with van der Waals surface area (Å²) in [5, 5.41) is 6.21. The van der Waals surface area contributed by atoms with Gasteiger partial charge in [0, 0.05) is 6.54 Å². The van der Waals surface area contributed by atoms with Crippen molar-refractivity contribution in [1.82, 2.24) is 15.5 Å². The van der Waals surface area contributed by atoms with Gasteiger partial charge in [-0.3, -0.25) is 9.69 Å². The average molecular weight is 278 g/mol. The van der Waals surface area contributed by atoms with Gasteiger partial charge in [-0.15, -0.1) is 12.4 Å². The van der Waals surface area contributed by atoms with Crippen molar-refractivity contribution in [2.24, 2.45) is 5.92 Å². The molecular weight excluding hydrogens is 250 g/mol. The number of carbonyl (C=O) groups is 1. The molecule has 1 heterocycles. The Bertz CT molecular complexity index is 230. The molecule has 108 valence electrons. The third-order valence-electron chi connectivity index (χ3n) is 3.62. The van der Waals surface area contributed by atoms with Gasteiger partial charge in [0.05, 0.1) is 6.04 Å². The summed E-state index contributed by atoms with van der Waals surface area (Å²) in [6.07, 6.45) is 3.40. The average Bonchev–Trinajstić information content (AvgIpc) is 2.36. The largest absolute Gasteiger partial charge is 0.355 e. The molecule has 0 aromatic heterocycles. The van der Waals surface area contributed by atoms with Gasteiger partial charge in [-0.2, -0.15) is 0 Å². The molecule has 0 aromatic carbocycles. The van der Waals surface area contributed by atoms with Crippen molar-refractivity contribution >= 4 is 18.3 Å². The smallest absolute Gasteiger partial charge is 0.237 e. The van der Waals surface area contributed by atoms with Crippen molar-refractivity contribution < 1.29 is 4.79 Å². The van der Waals surface area contributed by atoms with Crippen LogP contribution in [0.2, 0.25) is 0 Å². The quantitative estimate of drug-likeness (QED) is 0.768. The summed E-state index contributed by atoms with van der Waals surface area (Å²) in [7, 11) is 2.01. The Morgan fingerprint density at radius 1 is 1.39 bits per heavy atom. The predicted molar refractivity (Wildman–Crippen MR) is 78.2 cm³/mol. The Morgan fingerprint density at radius 3 is 2.50 bits per heavy atom. The van der Waals surface area contributed by atoms with E-state index in [0.29, 0.717) is 0 Å². The second kappa shape index (κ2) is 9.59. The van der Waals surface area contributed by atoms with Gasteiger partial charge in [-0.25, -0.2) is 0 Å². The first kappa shape index (κ1) is 17.7. The molecule has 1 rings (SSSR count). The molecule has 0 spiro atoms. The first-order valence-electron chi connectivity index (χ1n) is 6.85. The van der Waals surface area contributed by atoms with Crippen LogP contribution < -0.4 is 10.6 Å². The fourth-order valence-corrected chi connectivity index (χ4v) is 2.39. The van der Waals surface area contributed by atoms with Crippen LogP contribution in [0.25, 0.3) is 0 Å². The molecule has 0 aliphatic carbocycles. The molecule has 0 radical (unpaired) electrons. The summed E-state index contributed by atoms with van der Waals surface area (Å²) >= 11 is 0. The van der Waals surface area contributed by atoms with Crippen LogP contribution in [0.1, 0.15) is 33.1 Å². The summed E-state index contributed by atoms with van der Waals surface area (Å²) in [6.45, 7) is 8.08. The van der Waals surface area contributed by atoms with Crippen LogP contribution in [0, 0.1) is 5.92 Å². The molecule has 2 N–H and O–H groups in total. The van der Waals surface area contributed by atoms with E-state index in [-0.39, 0.29) is 24.4 Å². The minimum absolute atomic E-state index is 0. The van der Waals surface area contributed by atoms with Crippen LogP contribution in [0.5, 0.6) is 0 Å². The Balaban J connectivity index is 0.00000289. The Kier molecular flexibility index (Phi) is 9.42. The number of amides is 1. The van der Waals surface area contributed by atoms with Crippen molar-refractivity contribution in [1.29, 1.82) is 0 Å². The van der Waals surface area contributed by atoms with Gasteiger partial charge < -0.3 is 10.6 Å². The van der Waals surface area contributed by atoms with E-state index in [4.69, 9.17) is 0 Å². The summed E-state index contributed by atoms with van der Waals surface area (Å²) < 4.78 is 0. The minimum atomic E-state index is 0. The highest BCUT2D eigenvalue weighted by molar-refractivity contribution is 5.85. The second-order valence-electron chi connectivity index (χ2n) is 5.00. The highest BCUT2D eigenvalue weighted by Crippen LogP contribution is 2.18. The lowest BCUT2D eigenvalue weighted by molar-refractivity contribution is -0.126. The zero-order valence-corrected chi connectivity index (χ0v) is 12.7. The van der Waals surface area contributed by atoms with Crippen molar-refractivity contribution in [3.63, 3.8) is 0 Å². The van der Waals surface area contributed by atoms with Crippen molar-refractivity contribution in [3.8, 4) is 0 Å². The summed E-state index contributed by atoms with van der Waals surface area (Å²) in [5.41, 5.74) is 0. The van der Waals surface area contributed by atoms with Crippen LogP contribution in [0.15, 0.2) is 0 Å². The number of nitrogens with one attached hydrogen (secondary N) is 2. The van der Waals surface area contributed by atoms with E-state index in [9.17, 15) is 4.79 Å². The maximum Gasteiger partial charge on any atom is 0.237 e. The third-order valence-corrected chi connectivity index (χ3v) is 3.62. The second-order valence-corrected chi connectivity index (χ2v) is 5.00. The molecule has 1 fully saturated rings.